The van der Waals surface area contributed by atoms with Crippen LogP contribution in [0, 0.1) is 0 Å². The first-order chi connectivity index (χ1) is 10.3. The van der Waals surface area contributed by atoms with E-state index in [1.165, 1.54) is 5.56 Å². The highest BCUT2D eigenvalue weighted by Crippen LogP contribution is 2.17. The Labute approximate surface area is 125 Å². The average molecular weight is 283 g/mol. The monoisotopic (exact) mass is 283 g/mol. The van der Waals surface area contributed by atoms with Crippen molar-refractivity contribution in [2.75, 3.05) is 13.2 Å². The highest BCUT2D eigenvalue weighted by Gasteiger charge is 2.02. The van der Waals surface area contributed by atoms with E-state index in [0.717, 1.165) is 30.8 Å². The lowest BCUT2D eigenvalue weighted by atomic mass is 10.1. The van der Waals surface area contributed by atoms with Crippen LogP contribution in [0.1, 0.15) is 11.1 Å². The molecule has 2 rings (SSSR count). The molecule has 3 nitrogen and oxygen atoms in total. The van der Waals surface area contributed by atoms with E-state index < -0.39 is 0 Å². The lowest BCUT2D eigenvalue weighted by Crippen LogP contribution is -2.17. The number of nitrogens with one attached hydrogen (secondary N) is 1. The van der Waals surface area contributed by atoms with Gasteiger partial charge in [0, 0.05) is 12.1 Å². The maximum atomic E-state index is 9.24. The van der Waals surface area contributed by atoms with Crippen molar-refractivity contribution in [3.05, 3.63) is 72.3 Å². The molecule has 0 saturated carbocycles. The van der Waals surface area contributed by atoms with E-state index in [2.05, 4.69) is 18.0 Å². The van der Waals surface area contributed by atoms with E-state index in [1.807, 2.05) is 30.3 Å². The fourth-order valence-corrected chi connectivity index (χ4v) is 2.06. The zero-order chi connectivity index (χ0) is 14.9. The topological polar surface area (TPSA) is 41.5 Å². The summed E-state index contributed by atoms with van der Waals surface area (Å²) in [5, 5.41) is 12.7. The van der Waals surface area contributed by atoms with Crippen molar-refractivity contribution >= 4 is 0 Å². The summed E-state index contributed by atoms with van der Waals surface area (Å²) >= 11 is 0. The third-order valence-electron chi connectivity index (χ3n) is 3.17. The summed E-state index contributed by atoms with van der Waals surface area (Å²) in [6.07, 6.45) is 2.67. The number of ether oxygens (including phenoxy) is 1. The van der Waals surface area contributed by atoms with Crippen LogP contribution >= 0.6 is 0 Å². The van der Waals surface area contributed by atoms with Crippen molar-refractivity contribution in [1.82, 2.24) is 5.32 Å². The van der Waals surface area contributed by atoms with Crippen LogP contribution in [-0.2, 0) is 13.0 Å². The Hall–Kier alpha value is -2.26. The van der Waals surface area contributed by atoms with E-state index >= 15 is 0 Å². The third-order valence-corrected chi connectivity index (χ3v) is 3.17. The van der Waals surface area contributed by atoms with Crippen LogP contribution in [0.25, 0.3) is 0 Å². The molecule has 2 aromatic rings. The molecule has 0 aliphatic heterocycles. The van der Waals surface area contributed by atoms with E-state index in [4.69, 9.17) is 4.74 Å². The van der Waals surface area contributed by atoms with E-state index in [-0.39, 0.29) is 0 Å². The number of para-hydroxylation sites is 1. The predicted octanol–water partition coefficient (Wildman–Crippen LogP) is 3.29. The number of hydrogen-bond donors (Lipinski definition) is 2. The van der Waals surface area contributed by atoms with Gasteiger partial charge >= 0.3 is 0 Å². The van der Waals surface area contributed by atoms with Gasteiger partial charge in [0.15, 0.2) is 0 Å². The summed E-state index contributed by atoms with van der Waals surface area (Å²) < 4.78 is 5.63. The van der Waals surface area contributed by atoms with Crippen LogP contribution in [0.5, 0.6) is 11.5 Å². The van der Waals surface area contributed by atoms with Crippen LogP contribution < -0.4 is 10.1 Å². The average Bonchev–Trinajstić information content (AvgIpc) is 2.52. The molecular formula is C18H21NO2. The maximum absolute atomic E-state index is 9.24. The second-order valence-electron chi connectivity index (χ2n) is 4.80. The normalized spacial score (nSPS) is 10.3. The van der Waals surface area contributed by atoms with Crippen LogP contribution in [0.3, 0.4) is 0 Å². The SMILES string of the molecule is C=CCOc1ccccc1CNCCc1ccc(O)cc1. The summed E-state index contributed by atoms with van der Waals surface area (Å²) in [5.74, 6) is 1.20. The highest BCUT2D eigenvalue weighted by atomic mass is 16.5. The third kappa shape index (κ3) is 4.97. The molecule has 0 saturated heterocycles. The first kappa shape index (κ1) is 15.1. The molecule has 0 amide bonds. The zero-order valence-electron chi connectivity index (χ0n) is 12.1. The Kier molecular flexibility index (Phi) is 5.85. The quantitative estimate of drug-likeness (QED) is 0.577. The molecule has 0 aliphatic carbocycles. The summed E-state index contributed by atoms with van der Waals surface area (Å²) in [4.78, 5) is 0. The van der Waals surface area contributed by atoms with Gasteiger partial charge in [-0.1, -0.05) is 43.0 Å². The van der Waals surface area contributed by atoms with Gasteiger partial charge in [-0.25, -0.2) is 0 Å². The minimum atomic E-state index is 0.306. The van der Waals surface area contributed by atoms with Crippen LogP contribution in [0.2, 0.25) is 0 Å². The van der Waals surface area contributed by atoms with Crippen molar-refractivity contribution in [2.45, 2.75) is 13.0 Å². The fraction of sp³-hybridized carbons (Fsp3) is 0.222. The Balaban J connectivity index is 1.80. The number of aromatic hydroxyl groups is 1. The van der Waals surface area contributed by atoms with Crippen LogP contribution in [0.4, 0.5) is 0 Å². The van der Waals surface area contributed by atoms with Crippen molar-refractivity contribution < 1.29 is 9.84 Å². The molecule has 0 radical (unpaired) electrons. The minimum absolute atomic E-state index is 0.306. The molecule has 0 unspecified atom stereocenters. The summed E-state index contributed by atoms with van der Waals surface area (Å²) in [5.41, 5.74) is 2.35. The van der Waals surface area contributed by atoms with Gasteiger partial charge < -0.3 is 15.2 Å². The summed E-state index contributed by atoms with van der Waals surface area (Å²) in [6.45, 7) is 5.83. The predicted molar refractivity (Wildman–Crippen MR) is 85.7 cm³/mol. The zero-order valence-corrected chi connectivity index (χ0v) is 12.1. The molecule has 0 heterocycles. The first-order valence-electron chi connectivity index (χ1n) is 7.10. The van der Waals surface area contributed by atoms with Gasteiger partial charge in [-0.3, -0.25) is 0 Å². The number of hydrogen-bond acceptors (Lipinski definition) is 3. The number of phenolic OH excluding ortho intramolecular Hbond substituents is 1. The van der Waals surface area contributed by atoms with Gasteiger partial charge in [-0.2, -0.15) is 0 Å². The van der Waals surface area contributed by atoms with E-state index in [1.54, 1.807) is 18.2 Å². The molecule has 21 heavy (non-hydrogen) atoms. The molecule has 0 aromatic heterocycles. The van der Waals surface area contributed by atoms with Gasteiger partial charge in [0.05, 0.1) is 0 Å². The smallest absolute Gasteiger partial charge is 0.124 e. The molecule has 3 heteroatoms. The summed E-state index contributed by atoms with van der Waals surface area (Å²) in [6, 6.07) is 15.3. The lowest BCUT2D eigenvalue weighted by Gasteiger charge is -2.11. The van der Waals surface area contributed by atoms with Gasteiger partial charge in [-0.15, -0.1) is 0 Å². The molecule has 0 aliphatic rings. The molecule has 0 atom stereocenters. The number of benzene rings is 2. The van der Waals surface area contributed by atoms with E-state index in [0.29, 0.717) is 12.4 Å². The molecule has 110 valence electrons. The number of phenols is 1. The highest BCUT2D eigenvalue weighted by molar-refractivity contribution is 5.33. The van der Waals surface area contributed by atoms with Crippen LogP contribution in [0.15, 0.2) is 61.2 Å². The standard InChI is InChI=1S/C18H21NO2/c1-2-13-21-18-6-4-3-5-16(18)14-19-12-11-15-7-9-17(20)10-8-15/h2-10,19-20H,1,11-14H2. The Morgan fingerprint density at radius 3 is 2.62 bits per heavy atom. The minimum Gasteiger partial charge on any atom is -0.508 e. The molecular weight excluding hydrogens is 262 g/mol. The van der Waals surface area contributed by atoms with Gasteiger partial charge in [0.2, 0.25) is 0 Å². The maximum Gasteiger partial charge on any atom is 0.124 e. The second-order valence-corrected chi connectivity index (χ2v) is 4.80. The molecule has 0 spiro atoms. The van der Waals surface area contributed by atoms with Gasteiger partial charge in [0.25, 0.3) is 0 Å². The van der Waals surface area contributed by atoms with Gasteiger partial charge in [-0.05, 0) is 36.7 Å². The number of rotatable bonds is 8. The van der Waals surface area contributed by atoms with Gasteiger partial charge in [0.1, 0.15) is 18.1 Å². The summed E-state index contributed by atoms with van der Waals surface area (Å²) in [7, 11) is 0. The lowest BCUT2D eigenvalue weighted by molar-refractivity contribution is 0.358. The molecule has 2 aromatic carbocycles. The van der Waals surface area contributed by atoms with Crippen molar-refractivity contribution in [3.8, 4) is 11.5 Å². The Morgan fingerprint density at radius 1 is 1.10 bits per heavy atom. The molecule has 0 bridgehead atoms. The largest absolute Gasteiger partial charge is 0.508 e. The van der Waals surface area contributed by atoms with Crippen molar-refractivity contribution in [3.63, 3.8) is 0 Å². The second kappa shape index (κ2) is 8.12. The van der Waals surface area contributed by atoms with Crippen molar-refractivity contribution in [2.24, 2.45) is 0 Å². The van der Waals surface area contributed by atoms with Crippen molar-refractivity contribution in [1.29, 1.82) is 0 Å². The Morgan fingerprint density at radius 2 is 1.86 bits per heavy atom. The van der Waals surface area contributed by atoms with Crippen LogP contribution in [-0.4, -0.2) is 18.3 Å². The first-order valence-corrected chi connectivity index (χ1v) is 7.10. The molecule has 0 fully saturated rings. The Bertz CT molecular complexity index is 564. The fourth-order valence-electron chi connectivity index (χ4n) is 2.06. The van der Waals surface area contributed by atoms with E-state index in [9.17, 15) is 5.11 Å². The molecule has 2 N–H and O–H groups in total.